The first-order chi connectivity index (χ1) is 13.8. The van der Waals surface area contributed by atoms with Crippen LogP contribution in [0, 0.1) is 20.8 Å². The van der Waals surface area contributed by atoms with Crippen LogP contribution < -0.4 is 5.32 Å². The van der Waals surface area contributed by atoms with E-state index in [1.165, 1.54) is 0 Å². The lowest BCUT2D eigenvalue weighted by molar-refractivity contribution is -0.119. The zero-order chi connectivity index (χ0) is 21.0. The zero-order valence-corrected chi connectivity index (χ0v) is 17.4. The van der Waals surface area contributed by atoms with Crippen LogP contribution in [0.1, 0.15) is 32.9 Å². The molecule has 0 radical (unpaired) electrons. The standard InChI is InChI=1S/C23H23ClN2O3/c1-15-9-10-19(24)12-21(15)25-22(27)14-29-23(28)20-11-16(2)26(17(20)3)13-18-7-5-4-6-8-18/h4-12H,13-14H2,1-3H3,(H,25,27). The molecular weight excluding hydrogens is 388 g/mol. The van der Waals surface area contributed by atoms with Crippen molar-refractivity contribution in [3.05, 3.63) is 87.7 Å². The first-order valence-corrected chi connectivity index (χ1v) is 9.66. The smallest absolute Gasteiger partial charge is 0.340 e. The fourth-order valence-corrected chi connectivity index (χ4v) is 3.31. The number of benzene rings is 2. The molecule has 2 aromatic carbocycles. The Bertz CT molecular complexity index is 1040. The van der Waals surface area contributed by atoms with Crippen molar-refractivity contribution in [2.45, 2.75) is 27.3 Å². The van der Waals surface area contributed by atoms with Gasteiger partial charge in [-0.3, -0.25) is 4.79 Å². The van der Waals surface area contributed by atoms with Gasteiger partial charge in [0.15, 0.2) is 6.61 Å². The number of rotatable bonds is 6. The second-order valence-electron chi connectivity index (χ2n) is 6.94. The van der Waals surface area contributed by atoms with Crippen molar-refractivity contribution in [1.82, 2.24) is 4.57 Å². The van der Waals surface area contributed by atoms with E-state index in [1.807, 2.05) is 57.2 Å². The summed E-state index contributed by atoms with van der Waals surface area (Å²) >= 11 is 5.96. The van der Waals surface area contributed by atoms with Crippen molar-refractivity contribution in [1.29, 1.82) is 0 Å². The summed E-state index contributed by atoms with van der Waals surface area (Å²) in [5.74, 6) is -0.933. The molecular formula is C23H23ClN2O3. The number of carbonyl (C=O) groups excluding carboxylic acids is 2. The summed E-state index contributed by atoms with van der Waals surface area (Å²) in [6.45, 7) is 5.98. The molecule has 0 fully saturated rings. The minimum Gasteiger partial charge on any atom is -0.452 e. The van der Waals surface area contributed by atoms with E-state index in [9.17, 15) is 9.59 Å². The maximum absolute atomic E-state index is 12.5. The quantitative estimate of drug-likeness (QED) is 0.587. The van der Waals surface area contributed by atoms with Gasteiger partial charge >= 0.3 is 5.97 Å². The number of hydrogen-bond acceptors (Lipinski definition) is 3. The van der Waals surface area contributed by atoms with Crippen LogP contribution >= 0.6 is 11.6 Å². The lowest BCUT2D eigenvalue weighted by Gasteiger charge is -2.11. The molecule has 1 N–H and O–H groups in total. The Morgan fingerprint density at radius 2 is 1.76 bits per heavy atom. The number of carbonyl (C=O) groups is 2. The highest BCUT2D eigenvalue weighted by atomic mass is 35.5. The van der Waals surface area contributed by atoms with Gasteiger partial charge in [-0.25, -0.2) is 4.79 Å². The summed E-state index contributed by atoms with van der Waals surface area (Å²) in [5.41, 5.74) is 4.84. The first kappa shape index (κ1) is 20.7. The lowest BCUT2D eigenvalue weighted by Crippen LogP contribution is -2.21. The second kappa shape index (κ2) is 8.97. The van der Waals surface area contributed by atoms with Gasteiger partial charge in [-0.2, -0.15) is 0 Å². The SMILES string of the molecule is Cc1ccc(Cl)cc1NC(=O)COC(=O)c1cc(C)n(Cc2ccccc2)c1C. The van der Waals surface area contributed by atoms with Gasteiger partial charge in [0.05, 0.1) is 5.56 Å². The number of ether oxygens (including phenoxy) is 1. The van der Waals surface area contributed by atoms with E-state index >= 15 is 0 Å². The van der Waals surface area contributed by atoms with E-state index in [2.05, 4.69) is 9.88 Å². The van der Waals surface area contributed by atoms with E-state index in [1.54, 1.807) is 18.2 Å². The van der Waals surface area contributed by atoms with Gasteiger partial charge in [0.1, 0.15) is 0 Å². The molecule has 6 heteroatoms. The van der Waals surface area contributed by atoms with Crippen molar-refractivity contribution in [3.8, 4) is 0 Å². The highest BCUT2D eigenvalue weighted by molar-refractivity contribution is 6.31. The average molecular weight is 411 g/mol. The fraction of sp³-hybridized carbons (Fsp3) is 0.217. The van der Waals surface area contributed by atoms with Gasteiger partial charge in [-0.1, -0.05) is 48.0 Å². The number of amides is 1. The molecule has 0 saturated heterocycles. The number of esters is 1. The number of aromatic nitrogens is 1. The van der Waals surface area contributed by atoms with Crippen molar-refractivity contribution in [2.24, 2.45) is 0 Å². The highest BCUT2D eigenvalue weighted by Crippen LogP contribution is 2.21. The lowest BCUT2D eigenvalue weighted by atomic mass is 10.2. The molecule has 5 nitrogen and oxygen atoms in total. The van der Waals surface area contributed by atoms with Crippen molar-refractivity contribution in [3.63, 3.8) is 0 Å². The molecule has 0 unspecified atom stereocenters. The first-order valence-electron chi connectivity index (χ1n) is 9.29. The molecule has 0 aliphatic carbocycles. The Kier molecular flexibility index (Phi) is 6.39. The van der Waals surface area contributed by atoms with E-state index in [4.69, 9.17) is 16.3 Å². The predicted octanol–water partition coefficient (Wildman–Crippen LogP) is 4.91. The number of aryl methyl sites for hydroxylation is 2. The molecule has 0 bridgehead atoms. The predicted molar refractivity (Wildman–Crippen MR) is 115 cm³/mol. The Balaban J connectivity index is 1.64. The van der Waals surface area contributed by atoms with Crippen LogP contribution in [0.2, 0.25) is 5.02 Å². The molecule has 29 heavy (non-hydrogen) atoms. The van der Waals surface area contributed by atoms with E-state index < -0.39 is 11.9 Å². The molecule has 0 aliphatic heterocycles. The molecule has 3 rings (SSSR count). The molecule has 3 aromatic rings. The molecule has 0 atom stereocenters. The summed E-state index contributed by atoms with van der Waals surface area (Å²) in [4.78, 5) is 24.7. The summed E-state index contributed by atoms with van der Waals surface area (Å²) in [7, 11) is 0. The number of nitrogens with one attached hydrogen (secondary N) is 1. The molecule has 150 valence electrons. The Labute approximate surface area is 175 Å². The van der Waals surface area contributed by atoms with Crippen molar-refractivity contribution >= 4 is 29.2 Å². The Morgan fingerprint density at radius 3 is 2.48 bits per heavy atom. The minimum atomic E-state index is -0.518. The number of hydrogen-bond donors (Lipinski definition) is 1. The second-order valence-corrected chi connectivity index (χ2v) is 7.38. The molecule has 1 heterocycles. The monoisotopic (exact) mass is 410 g/mol. The van der Waals surface area contributed by atoms with E-state index in [0.717, 1.165) is 22.5 Å². The third kappa shape index (κ3) is 5.06. The fourth-order valence-electron chi connectivity index (χ4n) is 3.14. The van der Waals surface area contributed by atoms with Crippen LogP contribution in [0.5, 0.6) is 0 Å². The molecule has 1 aromatic heterocycles. The average Bonchev–Trinajstić information content (AvgIpc) is 2.98. The van der Waals surface area contributed by atoms with Crippen molar-refractivity contribution in [2.75, 3.05) is 11.9 Å². The van der Waals surface area contributed by atoms with Crippen LogP contribution in [0.25, 0.3) is 0 Å². The van der Waals surface area contributed by atoms with Gasteiger partial charge < -0.3 is 14.6 Å². The molecule has 0 spiro atoms. The Morgan fingerprint density at radius 1 is 1.03 bits per heavy atom. The summed E-state index contributed by atoms with van der Waals surface area (Å²) < 4.78 is 7.29. The summed E-state index contributed by atoms with van der Waals surface area (Å²) in [6.07, 6.45) is 0. The Hall–Kier alpha value is -3.05. The molecule has 0 saturated carbocycles. The van der Waals surface area contributed by atoms with Gasteiger partial charge in [0.2, 0.25) is 0 Å². The van der Waals surface area contributed by atoms with Crippen LogP contribution in [-0.4, -0.2) is 23.1 Å². The number of anilines is 1. The summed E-state index contributed by atoms with van der Waals surface area (Å²) in [5, 5.41) is 3.24. The maximum atomic E-state index is 12.5. The van der Waals surface area contributed by atoms with Crippen LogP contribution in [-0.2, 0) is 16.1 Å². The van der Waals surface area contributed by atoms with Crippen LogP contribution in [0.3, 0.4) is 0 Å². The van der Waals surface area contributed by atoms with Crippen molar-refractivity contribution < 1.29 is 14.3 Å². The zero-order valence-electron chi connectivity index (χ0n) is 16.7. The third-order valence-corrected chi connectivity index (χ3v) is 5.02. The van der Waals surface area contributed by atoms with E-state index in [-0.39, 0.29) is 6.61 Å². The molecule has 0 aliphatic rings. The third-order valence-electron chi connectivity index (χ3n) is 4.79. The van der Waals surface area contributed by atoms with Gasteiger partial charge in [-0.05, 0) is 50.1 Å². The topological polar surface area (TPSA) is 60.3 Å². The normalized spacial score (nSPS) is 10.6. The van der Waals surface area contributed by atoms with Gasteiger partial charge in [0.25, 0.3) is 5.91 Å². The van der Waals surface area contributed by atoms with Gasteiger partial charge in [0, 0.05) is 28.6 Å². The number of nitrogens with zero attached hydrogens (tertiary/aromatic N) is 1. The largest absolute Gasteiger partial charge is 0.452 e. The highest BCUT2D eigenvalue weighted by Gasteiger charge is 2.18. The van der Waals surface area contributed by atoms with Crippen LogP contribution in [0.4, 0.5) is 5.69 Å². The minimum absolute atomic E-state index is 0.368. The van der Waals surface area contributed by atoms with E-state index in [0.29, 0.717) is 22.8 Å². The summed E-state index contributed by atoms with van der Waals surface area (Å²) in [6, 6.07) is 17.0. The molecule has 1 amide bonds. The van der Waals surface area contributed by atoms with Crippen LogP contribution in [0.15, 0.2) is 54.6 Å². The van der Waals surface area contributed by atoms with Gasteiger partial charge in [-0.15, -0.1) is 0 Å². The maximum Gasteiger partial charge on any atom is 0.340 e. The number of halogens is 1.